The van der Waals surface area contributed by atoms with Crippen molar-refractivity contribution in [2.45, 2.75) is 19.3 Å². The van der Waals surface area contributed by atoms with Gasteiger partial charge in [-0.3, -0.25) is 17.6 Å². The van der Waals surface area contributed by atoms with Crippen molar-refractivity contribution >= 4 is 22.4 Å². The Morgan fingerprint density at radius 2 is 1.31 bits per heavy atom. The zero-order chi connectivity index (χ0) is 29.9. The van der Waals surface area contributed by atoms with E-state index in [-0.39, 0.29) is 55.9 Å². The Hall–Kier alpha value is -3.03. The number of hydrogen-bond acceptors (Lipinski definition) is 9. The third-order valence-electron chi connectivity index (χ3n) is 5.70. The molecule has 4 rings (SSSR count). The van der Waals surface area contributed by atoms with Crippen molar-refractivity contribution in [3.8, 4) is 34.0 Å². The van der Waals surface area contributed by atoms with E-state index in [4.69, 9.17) is 4.18 Å². The molecule has 0 aliphatic rings. The van der Waals surface area contributed by atoms with Crippen LogP contribution in [-0.2, 0) is 45.8 Å². The number of rotatable bonds is 10. The normalized spacial score (nSPS) is 11.6. The van der Waals surface area contributed by atoms with Crippen LogP contribution in [0.1, 0.15) is 25.2 Å². The summed E-state index contributed by atoms with van der Waals surface area (Å²) in [6, 6.07) is 15.9. The fourth-order valence-corrected chi connectivity index (χ4v) is 4.45. The third kappa shape index (κ3) is 7.30. The number of benzene rings is 2. The predicted molar refractivity (Wildman–Crippen MR) is 141 cm³/mol. The summed E-state index contributed by atoms with van der Waals surface area (Å²) in [6.45, 7) is 3.51. The Kier molecular flexibility index (Phi) is 10.8. The number of halogens is 4. The molecule has 2 aromatic carbocycles. The van der Waals surface area contributed by atoms with Gasteiger partial charge in [0.1, 0.15) is 11.5 Å². The molecule has 0 spiro atoms. The maximum atomic E-state index is 15.2. The van der Waals surface area contributed by atoms with E-state index >= 15 is 8.78 Å². The molecule has 2 aromatic heterocycles. The minimum atomic E-state index is -4.22. The standard InChI is InChI=1S/C27H20F4N2O6S2.Pt/c1-27(2,21-9-5-7-19(32-21)15-11-13-17(28)25(23(15)30)37-40-39-36-3)22-10-6-8-20(33-22)16-12-14-18(29)26(24(16)31)38-41(4,34)35;/h5-10,13-14H,1-4H3;/q-2;+2. The smallest absolute Gasteiger partial charge is 0.413 e. The molecule has 8 nitrogen and oxygen atoms in total. The molecule has 0 atom stereocenters. The van der Waals surface area contributed by atoms with E-state index in [0.717, 1.165) is 12.1 Å². The maximum absolute atomic E-state index is 15.2. The Morgan fingerprint density at radius 1 is 0.833 bits per heavy atom. The quantitative estimate of drug-likeness (QED) is 0.0356. The van der Waals surface area contributed by atoms with Crippen LogP contribution in [-0.4, -0.2) is 31.8 Å². The van der Waals surface area contributed by atoms with Crippen LogP contribution in [0.25, 0.3) is 22.5 Å². The second-order valence-electron chi connectivity index (χ2n) is 8.92. The predicted octanol–water partition coefficient (Wildman–Crippen LogP) is 6.15. The summed E-state index contributed by atoms with van der Waals surface area (Å²) in [7, 11) is -3.03. The van der Waals surface area contributed by atoms with Crippen LogP contribution in [0, 0.1) is 35.4 Å². The first-order valence-corrected chi connectivity index (χ1v) is 14.0. The summed E-state index contributed by atoms with van der Waals surface area (Å²) < 4.78 is 95.4. The fraction of sp³-hybridized carbons (Fsp3) is 0.185. The van der Waals surface area contributed by atoms with Gasteiger partial charge in [0.2, 0.25) is 0 Å². The van der Waals surface area contributed by atoms with E-state index in [0.29, 0.717) is 17.6 Å². The molecule has 4 aromatic rings. The molecular formula is C27H20F4N2O6PtS2. The van der Waals surface area contributed by atoms with Gasteiger partial charge in [-0.15, -0.1) is 28.6 Å². The molecule has 0 N–H and O–H groups in total. The van der Waals surface area contributed by atoms with Crippen molar-refractivity contribution < 1.29 is 64.6 Å². The Morgan fingerprint density at radius 3 is 1.79 bits per heavy atom. The monoisotopic (exact) mass is 803 g/mol. The van der Waals surface area contributed by atoms with Crippen molar-refractivity contribution in [1.82, 2.24) is 9.97 Å². The summed E-state index contributed by atoms with van der Waals surface area (Å²) in [4.78, 5) is 13.3. The van der Waals surface area contributed by atoms with Gasteiger partial charge in [0.25, 0.3) is 12.3 Å². The van der Waals surface area contributed by atoms with E-state index < -0.39 is 50.3 Å². The average Bonchev–Trinajstić information content (AvgIpc) is 2.92. The van der Waals surface area contributed by atoms with Crippen molar-refractivity contribution in [3.05, 3.63) is 95.3 Å². The molecule has 0 radical (unpaired) electrons. The number of nitrogens with zero attached hydrogens (tertiary/aromatic N) is 2. The average molecular weight is 804 g/mol. The first-order chi connectivity index (χ1) is 19.3. The van der Waals surface area contributed by atoms with E-state index in [1.807, 2.05) is 0 Å². The molecule has 0 saturated carbocycles. The molecule has 0 amide bonds. The summed E-state index contributed by atoms with van der Waals surface area (Å²) in [6.07, 6.45) is 0.656. The van der Waals surface area contributed by atoms with Crippen LogP contribution in [0.4, 0.5) is 17.6 Å². The molecule has 15 heteroatoms. The van der Waals surface area contributed by atoms with Crippen molar-refractivity contribution in [2.75, 3.05) is 13.4 Å². The van der Waals surface area contributed by atoms with E-state index in [2.05, 4.69) is 35.5 Å². The second-order valence-corrected chi connectivity index (χ2v) is 10.9. The largest absolute Gasteiger partial charge is 2.00 e. The van der Waals surface area contributed by atoms with Gasteiger partial charge < -0.3 is 18.3 Å². The van der Waals surface area contributed by atoms with Gasteiger partial charge in [0, 0.05) is 16.8 Å². The van der Waals surface area contributed by atoms with Crippen LogP contribution in [0.2, 0.25) is 0 Å². The zero-order valence-corrected chi connectivity index (χ0v) is 26.0. The molecule has 0 unspecified atom stereocenters. The summed E-state index contributed by atoms with van der Waals surface area (Å²) in [5, 5.41) is 0. The third-order valence-corrected chi connectivity index (χ3v) is 6.59. The fourth-order valence-electron chi connectivity index (χ4n) is 3.69. The Bertz CT molecular complexity index is 1710. The van der Waals surface area contributed by atoms with Gasteiger partial charge in [0.15, 0.2) is 0 Å². The molecule has 0 saturated heterocycles. The van der Waals surface area contributed by atoms with Crippen LogP contribution < -0.4 is 8.37 Å². The SMILES string of the molecule is COOSOc1c(F)c[c-]c(-c2cccc(C(C)(C)c3cccc(-c4[c-]cc(F)c(OS(C)(=O)=O)c4F)n3)n2)c1F.[Pt+2]. The van der Waals surface area contributed by atoms with Crippen molar-refractivity contribution in [2.24, 2.45) is 0 Å². The van der Waals surface area contributed by atoms with Gasteiger partial charge in [0.05, 0.1) is 36.6 Å². The molecule has 0 aliphatic heterocycles. The van der Waals surface area contributed by atoms with Gasteiger partial charge >= 0.3 is 31.2 Å². The molecule has 0 bridgehead atoms. The molecule has 224 valence electrons. The van der Waals surface area contributed by atoms with Gasteiger partial charge in [-0.05, 0) is 37.4 Å². The first-order valence-electron chi connectivity index (χ1n) is 11.5. The Labute approximate surface area is 258 Å². The first kappa shape index (κ1) is 33.5. The minimum Gasteiger partial charge on any atom is -0.413 e. The van der Waals surface area contributed by atoms with Gasteiger partial charge in [-0.25, -0.2) is 4.89 Å². The van der Waals surface area contributed by atoms with Crippen LogP contribution in [0.5, 0.6) is 11.5 Å². The molecule has 42 heavy (non-hydrogen) atoms. The van der Waals surface area contributed by atoms with E-state index in [1.54, 1.807) is 38.1 Å². The van der Waals surface area contributed by atoms with E-state index in [1.165, 1.54) is 19.2 Å². The van der Waals surface area contributed by atoms with E-state index in [9.17, 15) is 17.2 Å². The second kappa shape index (κ2) is 13.5. The van der Waals surface area contributed by atoms with Crippen molar-refractivity contribution in [1.29, 1.82) is 0 Å². The number of aromatic nitrogens is 2. The van der Waals surface area contributed by atoms with Crippen molar-refractivity contribution in [3.63, 3.8) is 0 Å². The van der Waals surface area contributed by atoms with Crippen LogP contribution in [0.15, 0.2) is 48.5 Å². The summed E-state index contributed by atoms with van der Waals surface area (Å²) in [5.74, 6) is -6.49. The Balaban J connectivity index is 0.00000484. The topological polar surface area (TPSA) is 96.8 Å². The van der Waals surface area contributed by atoms with Gasteiger partial charge in [-0.1, -0.05) is 35.4 Å². The summed E-state index contributed by atoms with van der Waals surface area (Å²) in [5.41, 5.74) is -0.572. The molecule has 0 aliphatic carbocycles. The van der Waals surface area contributed by atoms with Crippen LogP contribution >= 0.6 is 12.3 Å². The number of hydrogen-bond donors (Lipinski definition) is 0. The molecule has 2 heterocycles. The minimum absolute atomic E-state index is 0. The molecule has 0 fully saturated rings. The number of pyridine rings is 2. The summed E-state index contributed by atoms with van der Waals surface area (Å²) >= 11 is 0.215. The maximum Gasteiger partial charge on any atom is 2.00 e. The molecular weight excluding hydrogens is 784 g/mol. The van der Waals surface area contributed by atoms with Gasteiger partial charge in [-0.2, -0.15) is 8.42 Å². The van der Waals surface area contributed by atoms with Crippen LogP contribution in [0.3, 0.4) is 0 Å². The zero-order valence-electron chi connectivity index (χ0n) is 22.1.